The second kappa shape index (κ2) is 11.3. The summed E-state index contributed by atoms with van der Waals surface area (Å²) in [6.45, 7) is 0.435. The van der Waals surface area contributed by atoms with Crippen LogP contribution < -0.4 is 16.8 Å². The number of halogens is 1. The van der Waals surface area contributed by atoms with Crippen LogP contribution in [-0.2, 0) is 4.74 Å². The smallest absolute Gasteiger partial charge is 0.193 e. The number of guanidine groups is 1. The molecule has 0 saturated carbocycles. The Morgan fingerprint density at radius 3 is 2.71 bits per heavy atom. The highest BCUT2D eigenvalue weighted by atomic mass is 32.2. The van der Waals surface area contributed by atoms with Crippen molar-refractivity contribution in [1.29, 1.82) is 0 Å². The number of nitrogen functional groups attached to an aromatic ring is 1. The molecule has 13 heteroatoms. The average molecular weight is 539 g/mol. The molecule has 0 spiro atoms. The van der Waals surface area contributed by atoms with Crippen molar-refractivity contribution in [2.45, 2.75) is 24.5 Å². The Hall–Kier alpha value is -3.78. The Labute approximate surface area is 221 Å². The largest absolute Gasteiger partial charge is 0.387 e. The number of hydrogen-bond acceptors (Lipinski definition) is 9. The lowest BCUT2D eigenvalue weighted by atomic mass is 10.1. The number of hydrogen-bond donors (Lipinski definition) is 5. The van der Waals surface area contributed by atoms with E-state index in [-0.39, 0.29) is 17.6 Å². The van der Waals surface area contributed by atoms with Gasteiger partial charge in [0.15, 0.2) is 23.7 Å². The van der Waals surface area contributed by atoms with Crippen molar-refractivity contribution < 1.29 is 19.3 Å². The summed E-state index contributed by atoms with van der Waals surface area (Å²) in [5.74, 6) is 1.24. The van der Waals surface area contributed by atoms with E-state index < -0.39 is 24.5 Å². The summed E-state index contributed by atoms with van der Waals surface area (Å²) in [7, 11) is 0. The summed E-state index contributed by atoms with van der Waals surface area (Å²) in [6.07, 6.45) is -0.912. The molecule has 2 aromatic carbocycles. The number of nitrogens with two attached hydrogens (primary N) is 2. The van der Waals surface area contributed by atoms with E-state index >= 15 is 0 Å². The highest BCUT2D eigenvalue weighted by Crippen LogP contribution is 2.33. The summed E-state index contributed by atoms with van der Waals surface area (Å²) in [6, 6.07) is 13.9. The maximum absolute atomic E-state index is 13.6. The Morgan fingerprint density at radius 2 is 1.89 bits per heavy atom. The Bertz CT molecular complexity index is 1450. The van der Waals surface area contributed by atoms with Crippen molar-refractivity contribution in [3.8, 4) is 11.1 Å². The minimum atomic E-state index is -1.16. The Morgan fingerprint density at radius 1 is 1.11 bits per heavy atom. The third-order valence-electron chi connectivity index (χ3n) is 6.09. The number of imidazole rings is 1. The molecule has 2 aromatic heterocycles. The number of ether oxygens (including phenoxy) is 1. The van der Waals surface area contributed by atoms with Crippen LogP contribution in [0.5, 0.6) is 0 Å². The summed E-state index contributed by atoms with van der Waals surface area (Å²) in [4.78, 5) is 16.6. The highest BCUT2D eigenvalue weighted by Gasteiger charge is 2.44. The second-order valence-corrected chi connectivity index (χ2v) is 9.84. The first-order chi connectivity index (χ1) is 18.4. The van der Waals surface area contributed by atoms with Gasteiger partial charge >= 0.3 is 0 Å². The first-order valence-electron chi connectivity index (χ1n) is 11.9. The lowest BCUT2D eigenvalue weighted by Gasteiger charge is -2.16. The number of aliphatic imine (C=N–C) groups is 1. The van der Waals surface area contributed by atoms with Gasteiger partial charge in [-0.25, -0.2) is 19.3 Å². The molecule has 0 radical (unpaired) electrons. The van der Waals surface area contributed by atoms with Crippen LogP contribution >= 0.6 is 11.8 Å². The zero-order valence-corrected chi connectivity index (χ0v) is 21.0. The molecule has 198 valence electrons. The van der Waals surface area contributed by atoms with Crippen molar-refractivity contribution in [1.82, 2.24) is 19.5 Å². The van der Waals surface area contributed by atoms with Crippen LogP contribution in [0.25, 0.3) is 22.3 Å². The molecular weight excluding hydrogens is 511 g/mol. The van der Waals surface area contributed by atoms with Crippen molar-refractivity contribution >= 4 is 40.4 Å². The molecule has 3 heterocycles. The second-order valence-electron chi connectivity index (χ2n) is 8.69. The maximum atomic E-state index is 13.6. The van der Waals surface area contributed by atoms with E-state index in [0.29, 0.717) is 29.2 Å². The first kappa shape index (κ1) is 25.9. The number of aromatic nitrogens is 4. The number of benzene rings is 2. The molecule has 7 N–H and O–H groups in total. The molecule has 0 aliphatic carbocycles. The molecule has 38 heavy (non-hydrogen) atoms. The lowest BCUT2D eigenvalue weighted by Crippen LogP contribution is -2.32. The van der Waals surface area contributed by atoms with Gasteiger partial charge in [0, 0.05) is 17.2 Å². The first-order valence-corrected chi connectivity index (χ1v) is 13.0. The summed E-state index contributed by atoms with van der Waals surface area (Å²) >= 11 is 1.52. The van der Waals surface area contributed by atoms with Crippen LogP contribution in [0.1, 0.15) is 6.23 Å². The van der Waals surface area contributed by atoms with Crippen LogP contribution in [0.4, 0.5) is 15.9 Å². The normalized spacial score (nSPS) is 21.7. The number of aliphatic hydroxyl groups is 2. The molecule has 1 fully saturated rings. The molecule has 0 amide bonds. The number of thioether (sulfide) groups is 1. The third-order valence-corrected chi connectivity index (χ3v) is 7.13. The molecule has 1 aliphatic rings. The van der Waals surface area contributed by atoms with E-state index in [1.807, 2.05) is 30.3 Å². The molecule has 0 unspecified atom stereocenters. The van der Waals surface area contributed by atoms with Crippen molar-refractivity contribution in [3.05, 3.63) is 67.0 Å². The predicted octanol–water partition coefficient (Wildman–Crippen LogP) is 1.99. The van der Waals surface area contributed by atoms with Gasteiger partial charge in [0.1, 0.15) is 29.9 Å². The highest BCUT2D eigenvalue weighted by molar-refractivity contribution is 7.99. The van der Waals surface area contributed by atoms with E-state index in [2.05, 4.69) is 25.3 Å². The van der Waals surface area contributed by atoms with Gasteiger partial charge in [0.05, 0.1) is 19.0 Å². The van der Waals surface area contributed by atoms with Crippen molar-refractivity contribution in [2.24, 2.45) is 10.7 Å². The molecule has 0 bridgehead atoms. The number of aliphatic hydroxyl groups excluding tert-OH is 2. The average Bonchev–Trinajstić information content (AvgIpc) is 3.46. The van der Waals surface area contributed by atoms with Crippen molar-refractivity contribution in [3.63, 3.8) is 0 Å². The quantitative estimate of drug-likeness (QED) is 0.127. The summed E-state index contributed by atoms with van der Waals surface area (Å²) in [5, 5.41) is 24.2. The van der Waals surface area contributed by atoms with Crippen LogP contribution in [0.3, 0.4) is 0 Å². The zero-order valence-electron chi connectivity index (χ0n) is 20.2. The SMILES string of the molecule is NC(=NCCSC[C@H]1O[C@@H](n2cnc3c(N)ncnc32)[C@H](O)[C@@H]1O)Nc1cccc(-c2cccc(F)c2)c1. The van der Waals surface area contributed by atoms with E-state index in [4.69, 9.17) is 16.2 Å². The Kier molecular flexibility index (Phi) is 7.69. The molecule has 4 aromatic rings. The third kappa shape index (κ3) is 5.55. The van der Waals surface area contributed by atoms with E-state index in [1.54, 1.807) is 10.6 Å². The minimum absolute atomic E-state index is 0.225. The van der Waals surface area contributed by atoms with Crippen LogP contribution in [-0.4, -0.2) is 72.1 Å². The van der Waals surface area contributed by atoms with Crippen LogP contribution in [0, 0.1) is 5.82 Å². The topological polar surface area (TPSA) is 170 Å². The van der Waals surface area contributed by atoms with Gasteiger partial charge in [-0.15, -0.1) is 0 Å². The number of fused-ring (bicyclic) bond motifs is 1. The fourth-order valence-electron chi connectivity index (χ4n) is 4.22. The molecule has 11 nitrogen and oxygen atoms in total. The minimum Gasteiger partial charge on any atom is -0.387 e. The van der Waals surface area contributed by atoms with Gasteiger partial charge in [-0.3, -0.25) is 9.56 Å². The van der Waals surface area contributed by atoms with E-state index in [1.165, 1.54) is 36.5 Å². The standard InChI is InChI=1S/C25H27FN8O3S/c26-16-5-1-3-14(9-16)15-4-2-6-17(10-15)33-25(28)29-7-8-38-11-18-20(35)21(36)24(37-18)34-13-32-19-22(27)30-12-31-23(19)34/h1-6,9-10,12-13,18,20-21,24,35-36H,7-8,11H2,(H2,27,30,31)(H3,28,29,33)/t18-,20-,21-,24-/m1/s1. The van der Waals surface area contributed by atoms with E-state index in [0.717, 1.165) is 16.8 Å². The summed E-state index contributed by atoms with van der Waals surface area (Å²) < 4.78 is 21.0. The molecular formula is C25H27FN8O3S. The predicted molar refractivity (Wildman–Crippen MR) is 145 cm³/mol. The number of anilines is 2. The van der Waals surface area contributed by atoms with Gasteiger partial charge in [-0.1, -0.05) is 24.3 Å². The van der Waals surface area contributed by atoms with Gasteiger partial charge in [-0.2, -0.15) is 11.8 Å². The maximum Gasteiger partial charge on any atom is 0.193 e. The van der Waals surface area contributed by atoms with Gasteiger partial charge in [-0.05, 0) is 35.4 Å². The van der Waals surface area contributed by atoms with Crippen molar-refractivity contribution in [2.75, 3.05) is 29.1 Å². The van der Waals surface area contributed by atoms with Gasteiger partial charge in [0.25, 0.3) is 0 Å². The van der Waals surface area contributed by atoms with Gasteiger partial charge in [0.2, 0.25) is 0 Å². The molecule has 1 saturated heterocycles. The van der Waals surface area contributed by atoms with Crippen LogP contribution in [0.15, 0.2) is 66.2 Å². The number of rotatable bonds is 8. The zero-order chi connectivity index (χ0) is 26.6. The molecule has 5 rings (SSSR count). The number of nitrogens with zero attached hydrogens (tertiary/aromatic N) is 5. The van der Waals surface area contributed by atoms with Crippen LogP contribution in [0.2, 0.25) is 0 Å². The fourth-order valence-corrected chi connectivity index (χ4v) is 5.11. The fraction of sp³-hybridized carbons (Fsp3) is 0.280. The number of nitrogens with one attached hydrogen (secondary N) is 1. The summed E-state index contributed by atoms with van der Waals surface area (Å²) in [5.41, 5.74) is 15.0. The Balaban J connectivity index is 1.11. The van der Waals surface area contributed by atoms with Gasteiger partial charge < -0.3 is 31.7 Å². The molecule has 1 aliphatic heterocycles. The van der Waals surface area contributed by atoms with E-state index in [9.17, 15) is 14.6 Å². The molecule has 4 atom stereocenters. The monoisotopic (exact) mass is 538 g/mol. The lowest BCUT2D eigenvalue weighted by molar-refractivity contribution is -0.0289.